The van der Waals surface area contributed by atoms with Crippen LogP contribution in [0.3, 0.4) is 0 Å². The number of nitrogens with zero attached hydrogens (tertiary/aromatic N) is 3. The van der Waals surface area contributed by atoms with Crippen LogP contribution in [0.4, 0.5) is 17.3 Å². The molecule has 3 aromatic rings. The Balaban J connectivity index is 1.63. The van der Waals surface area contributed by atoms with Gasteiger partial charge in [0.1, 0.15) is 11.6 Å². The Morgan fingerprint density at radius 3 is 2.69 bits per heavy atom. The minimum absolute atomic E-state index is 0.861. The molecule has 0 bridgehead atoms. The van der Waals surface area contributed by atoms with E-state index < -0.39 is 0 Å². The molecule has 4 rings (SSSR count). The number of piperazine rings is 1. The summed E-state index contributed by atoms with van der Waals surface area (Å²) in [6.07, 6.45) is 5.45. The van der Waals surface area contributed by atoms with Crippen molar-refractivity contribution < 1.29 is 0 Å². The van der Waals surface area contributed by atoms with E-state index in [9.17, 15) is 0 Å². The maximum absolute atomic E-state index is 4.97. The fraction of sp³-hybridized carbons (Fsp3) is 0.379. The van der Waals surface area contributed by atoms with Crippen LogP contribution in [0, 0.1) is 13.8 Å². The van der Waals surface area contributed by atoms with Crippen LogP contribution < -0.4 is 20.9 Å². The van der Waals surface area contributed by atoms with Crippen LogP contribution >= 0.6 is 0 Å². The molecule has 1 aromatic carbocycles. The van der Waals surface area contributed by atoms with Crippen LogP contribution in [0.5, 0.6) is 0 Å². The third kappa shape index (κ3) is 6.61. The highest BCUT2D eigenvalue weighted by atomic mass is 15.2. The van der Waals surface area contributed by atoms with Crippen LogP contribution in [0.15, 0.2) is 55.2 Å². The van der Waals surface area contributed by atoms with E-state index in [1.807, 2.05) is 6.20 Å². The van der Waals surface area contributed by atoms with E-state index in [1.165, 1.54) is 18.4 Å². The number of anilines is 3. The van der Waals surface area contributed by atoms with Crippen molar-refractivity contribution in [1.82, 2.24) is 15.3 Å². The lowest BCUT2D eigenvalue weighted by Crippen LogP contribution is -2.43. The van der Waals surface area contributed by atoms with Gasteiger partial charge < -0.3 is 20.9 Å². The highest BCUT2D eigenvalue weighted by molar-refractivity contribution is 5.79. The molecule has 2 aromatic heterocycles. The Hall–Kier alpha value is -3.38. The van der Waals surface area contributed by atoms with Gasteiger partial charge >= 0.3 is 0 Å². The maximum Gasteiger partial charge on any atom is 0.131 e. The van der Waals surface area contributed by atoms with Crippen molar-refractivity contribution in [3.05, 3.63) is 72.1 Å². The second-order valence-corrected chi connectivity index (χ2v) is 9.30. The van der Waals surface area contributed by atoms with Crippen LogP contribution in [0.2, 0.25) is 0 Å². The van der Waals surface area contributed by atoms with E-state index in [4.69, 9.17) is 9.97 Å². The van der Waals surface area contributed by atoms with Gasteiger partial charge in [-0.1, -0.05) is 50.1 Å². The molecular weight excluding hydrogens is 432 g/mol. The average Bonchev–Trinajstić information content (AvgIpc) is 2.88. The van der Waals surface area contributed by atoms with Gasteiger partial charge in [-0.05, 0) is 55.7 Å². The smallest absolute Gasteiger partial charge is 0.131 e. The maximum atomic E-state index is 4.97. The summed E-state index contributed by atoms with van der Waals surface area (Å²) in [5.74, 6) is 1.94. The first-order chi connectivity index (χ1) is 17.0. The molecule has 0 amide bonds. The van der Waals surface area contributed by atoms with E-state index in [0.29, 0.717) is 0 Å². The fourth-order valence-electron chi connectivity index (χ4n) is 4.38. The third-order valence-corrected chi connectivity index (χ3v) is 6.40. The standard InChI is InChI=1S/C29H38N6/c1-5-6-7-11-31-28-17-25(18-29(34-28)35-14-12-30-13-15-35)27-19-26(20-32-23(27)4)33-22(3)24-10-8-9-21(2)16-24/h8-10,16-20,30,33H,3,5-7,11-15H2,1-2,4H3,(H,31,34). The van der Waals surface area contributed by atoms with E-state index in [1.54, 1.807) is 0 Å². The van der Waals surface area contributed by atoms with E-state index in [2.05, 4.69) is 90.7 Å². The third-order valence-electron chi connectivity index (χ3n) is 6.40. The SMILES string of the molecule is C=C(Nc1cnc(C)c(-c2cc(NCCCCC)nc(N3CCNCC3)c2)c1)c1cccc(C)c1. The fourth-order valence-corrected chi connectivity index (χ4v) is 4.38. The van der Waals surface area contributed by atoms with Crippen LogP contribution in [0.25, 0.3) is 16.8 Å². The molecule has 0 atom stereocenters. The number of hydrogen-bond donors (Lipinski definition) is 3. The summed E-state index contributed by atoms with van der Waals surface area (Å²) in [4.78, 5) is 12.0. The van der Waals surface area contributed by atoms with Crippen molar-refractivity contribution >= 4 is 23.0 Å². The van der Waals surface area contributed by atoms with Gasteiger partial charge in [-0.25, -0.2) is 4.98 Å². The Morgan fingerprint density at radius 1 is 1.09 bits per heavy atom. The van der Waals surface area contributed by atoms with E-state index in [-0.39, 0.29) is 0 Å². The molecule has 0 spiro atoms. The van der Waals surface area contributed by atoms with Crippen LogP contribution in [0.1, 0.15) is 43.0 Å². The summed E-state index contributed by atoms with van der Waals surface area (Å²) in [7, 11) is 0. The highest BCUT2D eigenvalue weighted by Crippen LogP contribution is 2.31. The molecule has 35 heavy (non-hydrogen) atoms. The second kappa shape index (κ2) is 11.8. The Labute approximate surface area is 209 Å². The van der Waals surface area contributed by atoms with Crippen molar-refractivity contribution in [3.63, 3.8) is 0 Å². The Kier molecular flexibility index (Phi) is 8.37. The quantitative estimate of drug-likeness (QED) is 0.323. The molecule has 1 saturated heterocycles. The number of nitrogens with one attached hydrogen (secondary N) is 3. The number of aromatic nitrogens is 2. The van der Waals surface area contributed by atoms with Crippen molar-refractivity contribution in [1.29, 1.82) is 0 Å². The lowest BCUT2D eigenvalue weighted by atomic mass is 10.0. The molecule has 0 aliphatic carbocycles. The average molecular weight is 471 g/mol. The molecule has 6 heteroatoms. The molecule has 3 N–H and O–H groups in total. The van der Waals surface area contributed by atoms with Crippen molar-refractivity contribution in [2.24, 2.45) is 0 Å². The van der Waals surface area contributed by atoms with Gasteiger partial charge in [0.15, 0.2) is 0 Å². The predicted molar refractivity (Wildman–Crippen MR) is 149 cm³/mol. The number of hydrogen-bond acceptors (Lipinski definition) is 6. The van der Waals surface area contributed by atoms with Crippen molar-refractivity contribution in [2.75, 3.05) is 48.3 Å². The summed E-state index contributed by atoms with van der Waals surface area (Å²) in [6, 6.07) is 14.9. The largest absolute Gasteiger partial charge is 0.370 e. The summed E-state index contributed by atoms with van der Waals surface area (Å²) in [5.41, 5.74) is 7.30. The van der Waals surface area contributed by atoms with Gasteiger partial charge in [0.2, 0.25) is 0 Å². The first kappa shape index (κ1) is 24.7. The molecular formula is C29H38N6. The summed E-state index contributed by atoms with van der Waals surface area (Å²) in [6.45, 7) is 15.4. The topological polar surface area (TPSA) is 65.1 Å². The number of pyridine rings is 2. The highest BCUT2D eigenvalue weighted by Gasteiger charge is 2.16. The molecule has 0 radical (unpaired) electrons. The minimum atomic E-state index is 0.861. The van der Waals surface area contributed by atoms with Crippen LogP contribution in [-0.4, -0.2) is 42.7 Å². The Bertz CT molecular complexity index is 1150. The zero-order valence-corrected chi connectivity index (χ0v) is 21.3. The number of rotatable bonds is 10. The zero-order valence-electron chi connectivity index (χ0n) is 21.3. The molecule has 184 valence electrons. The number of aryl methyl sites for hydroxylation is 2. The van der Waals surface area contributed by atoms with E-state index >= 15 is 0 Å². The molecule has 1 aliphatic rings. The Morgan fingerprint density at radius 2 is 1.91 bits per heavy atom. The summed E-state index contributed by atoms with van der Waals surface area (Å²) in [5, 5.41) is 10.4. The zero-order chi connectivity index (χ0) is 24.6. The van der Waals surface area contributed by atoms with Gasteiger partial charge in [-0.3, -0.25) is 4.98 Å². The molecule has 0 saturated carbocycles. The van der Waals surface area contributed by atoms with Crippen molar-refractivity contribution in [2.45, 2.75) is 40.0 Å². The predicted octanol–water partition coefficient (Wildman–Crippen LogP) is 5.85. The lowest BCUT2D eigenvalue weighted by molar-refractivity contribution is 0.585. The van der Waals surface area contributed by atoms with Gasteiger partial charge in [0, 0.05) is 49.7 Å². The molecule has 0 unspecified atom stereocenters. The normalized spacial score (nSPS) is 13.5. The van der Waals surface area contributed by atoms with Gasteiger partial charge in [-0.2, -0.15) is 0 Å². The first-order valence-corrected chi connectivity index (χ1v) is 12.7. The summed E-state index contributed by atoms with van der Waals surface area (Å²) < 4.78 is 0. The molecule has 3 heterocycles. The van der Waals surface area contributed by atoms with Crippen molar-refractivity contribution in [3.8, 4) is 11.1 Å². The second-order valence-electron chi connectivity index (χ2n) is 9.30. The summed E-state index contributed by atoms with van der Waals surface area (Å²) >= 11 is 0. The monoisotopic (exact) mass is 470 g/mol. The minimum Gasteiger partial charge on any atom is -0.370 e. The lowest BCUT2D eigenvalue weighted by Gasteiger charge is -2.29. The van der Waals surface area contributed by atoms with Gasteiger partial charge in [0.25, 0.3) is 0 Å². The van der Waals surface area contributed by atoms with Gasteiger partial charge in [0.05, 0.1) is 11.9 Å². The molecule has 1 aliphatic heterocycles. The molecule has 1 fully saturated rings. The molecule has 6 nitrogen and oxygen atoms in total. The first-order valence-electron chi connectivity index (χ1n) is 12.7. The number of unbranched alkanes of at least 4 members (excludes halogenated alkanes) is 2. The van der Waals surface area contributed by atoms with Gasteiger partial charge in [-0.15, -0.1) is 0 Å². The number of benzene rings is 1. The van der Waals surface area contributed by atoms with Crippen LogP contribution in [-0.2, 0) is 0 Å². The van der Waals surface area contributed by atoms with E-state index in [0.717, 1.165) is 84.5 Å².